The van der Waals surface area contributed by atoms with Crippen LogP contribution in [0.15, 0.2) is 59.8 Å². The van der Waals surface area contributed by atoms with E-state index in [2.05, 4.69) is 5.32 Å². The average molecular weight is 435 g/mol. The Hall–Kier alpha value is -2.48. The highest BCUT2D eigenvalue weighted by Gasteiger charge is 2.35. The van der Waals surface area contributed by atoms with Gasteiger partial charge in [0.1, 0.15) is 12.4 Å². The van der Waals surface area contributed by atoms with Gasteiger partial charge in [0.15, 0.2) is 5.11 Å². The zero-order valence-corrected chi connectivity index (χ0v) is 17.5. The Morgan fingerprint density at radius 3 is 2.45 bits per heavy atom. The third-order valence-corrected chi connectivity index (χ3v) is 5.07. The number of hydrogen-bond donors (Lipinski definition) is 1. The van der Waals surface area contributed by atoms with E-state index >= 15 is 0 Å². The van der Waals surface area contributed by atoms with Gasteiger partial charge in [-0.1, -0.05) is 23.7 Å². The Balaban J connectivity index is 2.05. The molecule has 2 aromatic carbocycles. The summed E-state index contributed by atoms with van der Waals surface area (Å²) in [4.78, 5) is 14.7. The number of benzene rings is 2. The Morgan fingerprint density at radius 1 is 1.17 bits per heavy atom. The highest BCUT2D eigenvalue weighted by atomic mass is 35.5. The molecule has 1 N–H and O–H groups in total. The van der Waals surface area contributed by atoms with Crippen LogP contribution in [0.5, 0.6) is 0 Å². The number of allylic oxidation sites excluding steroid dienone is 1. The maximum absolute atomic E-state index is 13.4. The number of esters is 1. The second-order valence-electron chi connectivity index (χ2n) is 6.37. The van der Waals surface area contributed by atoms with Gasteiger partial charge in [-0.25, -0.2) is 9.18 Å². The number of methoxy groups -OCH3 is 1. The SMILES string of the molecule is COCCOC(=O)C1=C(C)N(c2ccc(Cl)cc2)C(=S)NC1c1ccc(F)cc1. The molecule has 0 saturated heterocycles. The summed E-state index contributed by atoms with van der Waals surface area (Å²) in [5.74, 6) is -0.859. The zero-order chi connectivity index (χ0) is 21.0. The Labute approximate surface area is 179 Å². The Morgan fingerprint density at radius 2 is 1.83 bits per heavy atom. The van der Waals surface area contributed by atoms with Crippen molar-refractivity contribution in [2.75, 3.05) is 25.2 Å². The van der Waals surface area contributed by atoms with Crippen molar-refractivity contribution in [2.45, 2.75) is 13.0 Å². The zero-order valence-electron chi connectivity index (χ0n) is 15.9. The van der Waals surface area contributed by atoms with Gasteiger partial charge >= 0.3 is 5.97 Å². The molecule has 0 spiro atoms. The molecular formula is C21H20ClFN2O3S. The van der Waals surface area contributed by atoms with Gasteiger partial charge in [-0.2, -0.15) is 0 Å². The first-order chi connectivity index (χ1) is 13.9. The molecule has 3 rings (SSSR count). The van der Waals surface area contributed by atoms with Gasteiger partial charge in [-0.05, 0) is 61.1 Å². The lowest BCUT2D eigenvalue weighted by Crippen LogP contribution is -2.48. The maximum Gasteiger partial charge on any atom is 0.338 e. The van der Waals surface area contributed by atoms with Crippen LogP contribution in [0.4, 0.5) is 10.1 Å². The third kappa shape index (κ3) is 4.75. The summed E-state index contributed by atoms with van der Waals surface area (Å²) in [6.45, 7) is 2.20. The molecule has 0 aliphatic carbocycles. The van der Waals surface area contributed by atoms with Gasteiger partial charge in [-0.3, -0.25) is 4.90 Å². The summed E-state index contributed by atoms with van der Waals surface area (Å²) in [7, 11) is 1.53. The largest absolute Gasteiger partial charge is 0.460 e. The predicted octanol–water partition coefficient (Wildman–Crippen LogP) is 4.38. The first-order valence-corrected chi connectivity index (χ1v) is 9.69. The molecule has 8 heteroatoms. The van der Waals surface area contributed by atoms with E-state index in [1.807, 2.05) is 12.1 Å². The van der Waals surface area contributed by atoms with Crippen LogP contribution in [-0.4, -0.2) is 31.4 Å². The van der Waals surface area contributed by atoms with Crippen LogP contribution >= 0.6 is 23.8 Å². The number of rotatable bonds is 6. The van der Waals surface area contributed by atoms with Crippen molar-refractivity contribution in [3.63, 3.8) is 0 Å². The van der Waals surface area contributed by atoms with Gasteiger partial charge < -0.3 is 14.8 Å². The summed E-state index contributed by atoms with van der Waals surface area (Å²) in [6.07, 6.45) is 0. The molecule has 1 unspecified atom stereocenters. The smallest absolute Gasteiger partial charge is 0.338 e. The standard InChI is InChI=1S/C21H20ClFN2O3S/c1-13-18(20(26)28-12-11-27-2)19(14-3-7-16(23)8-4-14)24-21(29)25(13)17-9-5-15(22)6-10-17/h3-10,19H,11-12H2,1-2H3,(H,24,29). The second kappa shape index (κ2) is 9.35. The summed E-state index contributed by atoms with van der Waals surface area (Å²) in [5, 5.41) is 4.18. The van der Waals surface area contributed by atoms with Crippen LogP contribution in [0, 0.1) is 5.82 Å². The van der Waals surface area contributed by atoms with E-state index in [-0.39, 0.29) is 19.0 Å². The summed E-state index contributed by atoms with van der Waals surface area (Å²) in [6, 6.07) is 12.5. The number of anilines is 1. The summed E-state index contributed by atoms with van der Waals surface area (Å²) < 4.78 is 23.7. The number of nitrogens with one attached hydrogen (secondary N) is 1. The van der Waals surface area contributed by atoms with Gasteiger partial charge in [0.05, 0.1) is 18.2 Å². The minimum atomic E-state index is -0.568. The fourth-order valence-electron chi connectivity index (χ4n) is 3.11. The normalized spacial score (nSPS) is 16.6. The molecule has 0 saturated carbocycles. The summed E-state index contributed by atoms with van der Waals surface area (Å²) in [5.41, 5.74) is 2.45. The maximum atomic E-state index is 13.4. The number of thiocarbonyl (C=S) groups is 1. The molecule has 5 nitrogen and oxygen atoms in total. The molecule has 2 aromatic rings. The minimum Gasteiger partial charge on any atom is -0.460 e. The molecular weight excluding hydrogens is 415 g/mol. The Bertz CT molecular complexity index is 932. The van der Waals surface area contributed by atoms with Crippen LogP contribution in [0.1, 0.15) is 18.5 Å². The van der Waals surface area contributed by atoms with E-state index in [1.54, 1.807) is 36.1 Å². The van der Waals surface area contributed by atoms with Crippen molar-refractivity contribution < 1.29 is 18.7 Å². The highest BCUT2D eigenvalue weighted by Crippen LogP contribution is 2.34. The molecule has 0 bridgehead atoms. The molecule has 0 aromatic heterocycles. The van der Waals surface area contributed by atoms with Crippen molar-refractivity contribution in [1.82, 2.24) is 5.32 Å². The average Bonchev–Trinajstić information content (AvgIpc) is 2.69. The number of ether oxygens (including phenoxy) is 2. The van der Waals surface area contributed by atoms with Gasteiger partial charge in [0, 0.05) is 23.5 Å². The fraction of sp³-hybridized carbons (Fsp3) is 0.238. The van der Waals surface area contributed by atoms with Crippen molar-refractivity contribution >= 4 is 40.6 Å². The van der Waals surface area contributed by atoms with Crippen LogP contribution < -0.4 is 10.2 Å². The van der Waals surface area contributed by atoms with Crippen molar-refractivity contribution in [2.24, 2.45) is 0 Å². The van der Waals surface area contributed by atoms with E-state index < -0.39 is 12.0 Å². The van der Waals surface area contributed by atoms with E-state index in [0.717, 1.165) is 5.69 Å². The lowest BCUT2D eigenvalue weighted by atomic mass is 9.94. The van der Waals surface area contributed by atoms with Crippen LogP contribution in [0.3, 0.4) is 0 Å². The first kappa shape index (κ1) is 21.2. The second-order valence-corrected chi connectivity index (χ2v) is 7.20. The van der Waals surface area contributed by atoms with E-state index in [4.69, 9.17) is 33.3 Å². The predicted molar refractivity (Wildman–Crippen MR) is 114 cm³/mol. The molecule has 1 atom stereocenters. The van der Waals surface area contributed by atoms with Crippen molar-refractivity contribution in [3.8, 4) is 0 Å². The highest BCUT2D eigenvalue weighted by molar-refractivity contribution is 7.80. The van der Waals surface area contributed by atoms with Crippen molar-refractivity contribution in [1.29, 1.82) is 0 Å². The minimum absolute atomic E-state index is 0.119. The van der Waals surface area contributed by atoms with Crippen molar-refractivity contribution in [3.05, 3.63) is 76.2 Å². The lowest BCUT2D eigenvalue weighted by Gasteiger charge is -2.37. The van der Waals surface area contributed by atoms with E-state index in [0.29, 0.717) is 27.0 Å². The number of carbonyl (C=O) groups excluding carboxylic acids is 1. The van der Waals surface area contributed by atoms with Gasteiger partial charge in [-0.15, -0.1) is 0 Å². The molecule has 0 fully saturated rings. The Kier molecular flexibility index (Phi) is 6.84. The monoisotopic (exact) mass is 434 g/mol. The van der Waals surface area contributed by atoms with Crippen LogP contribution in [-0.2, 0) is 14.3 Å². The number of nitrogens with zero attached hydrogens (tertiary/aromatic N) is 1. The molecule has 29 heavy (non-hydrogen) atoms. The lowest BCUT2D eigenvalue weighted by molar-refractivity contribution is -0.140. The third-order valence-electron chi connectivity index (χ3n) is 4.51. The van der Waals surface area contributed by atoms with Crippen LogP contribution in [0.25, 0.3) is 0 Å². The number of halogens is 2. The molecule has 1 aliphatic heterocycles. The quantitative estimate of drug-likeness (QED) is 0.413. The topological polar surface area (TPSA) is 50.8 Å². The number of carbonyl (C=O) groups is 1. The molecule has 1 aliphatic rings. The van der Waals surface area contributed by atoms with Gasteiger partial charge in [0.25, 0.3) is 0 Å². The molecule has 1 heterocycles. The fourth-order valence-corrected chi connectivity index (χ4v) is 3.60. The first-order valence-electron chi connectivity index (χ1n) is 8.91. The molecule has 152 valence electrons. The van der Waals surface area contributed by atoms with Crippen LogP contribution in [0.2, 0.25) is 5.02 Å². The number of hydrogen-bond acceptors (Lipinski definition) is 4. The van der Waals surface area contributed by atoms with E-state index in [9.17, 15) is 9.18 Å². The molecule has 0 amide bonds. The van der Waals surface area contributed by atoms with E-state index in [1.165, 1.54) is 19.2 Å². The summed E-state index contributed by atoms with van der Waals surface area (Å²) >= 11 is 11.6. The molecule has 0 radical (unpaired) electrons. The van der Waals surface area contributed by atoms with Gasteiger partial charge in [0.2, 0.25) is 0 Å².